The Labute approximate surface area is 211 Å². The van der Waals surface area contributed by atoms with E-state index in [0.717, 1.165) is 0 Å². The number of hydrogen-bond acceptors (Lipinski definition) is 5. The molecule has 1 aromatic rings. The molecule has 8 nitrogen and oxygen atoms in total. The van der Waals surface area contributed by atoms with Crippen molar-refractivity contribution in [1.82, 2.24) is 4.90 Å². The molecule has 34 heavy (non-hydrogen) atoms. The first-order valence-corrected chi connectivity index (χ1v) is 12.7. The third-order valence-electron chi connectivity index (χ3n) is 7.09. The van der Waals surface area contributed by atoms with Gasteiger partial charge in [-0.05, 0) is 37.8 Å². The van der Waals surface area contributed by atoms with E-state index in [1.54, 1.807) is 30.3 Å². The zero-order valence-electron chi connectivity index (χ0n) is 18.6. The van der Waals surface area contributed by atoms with E-state index in [1.807, 2.05) is 0 Å². The van der Waals surface area contributed by atoms with Gasteiger partial charge in [-0.2, -0.15) is 0 Å². The van der Waals surface area contributed by atoms with Crippen molar-refractivity contribution in [2.24, 2.45) is 11.8 Å². The first-order valence-electron chi connectivity index (χ1n) is 11.4. The van der Waals surface area contributed by atoms with Gasteiger partial charge in [0.1, 0.15) is 11.6 Å². The van der Waals surface area contributed by atoms with Crippen molar-refractivity contribution in [3.05, 3.63) is 41.9 Å². The summed E-state index contributed by atoms with van der Waals surface area (Å²) in [4.78, 5) is 42.7. The van der Waals surface area contributed by atoms with Crippen LogP contribution in [-0.4, -0.2) is 75.2 Å². The molecule has 0 aromatic heterocycles. The molecule has 1 aromatic carbocycles. The highest BCUT2D eigenvalue weighted by Crippen LogP contribution is 2.60. The Bertz CT molecular complexity index is 992. The topological polar surface area (TPSA) is 107 Å². The van der Waals surface area contributed by atoms with Gasteiger partial charge in [0.2, 0.25) is 5.91 Å². The summed E-state index contributed by atoms with van der Waals surface area (Å²) in [6.07, 6.45) is 3.08. The molecule has 2 bridgehead atoms. The van der Waals surface area contributed by atoms with Crippen LogP contribution in [0, 0.1) is 11.8 Å². The highest BCUT2D eigenvalue weighted by Gasteiger charge is 2.76. The van der Waals surface area contributed by atoms with Crippen LogP contribution in [0.1, 0.15) is 25.7 Å². The second-order valence-corrected chi connectivity index (χ2v) is 10.6. The number of benzene rings is 1. The highest BCUT2D eigenvalue weighted by molar-refractivity contribution is 9.09. The molecule has 3 saturated heterocycles. The maximum absolute atomic E-state index is 14.2. The molecule has 2 amide bonds. The van der Waals surface area contributed by atoms with Gasteiger partial charge in [0.25, 0.3) is 5.91 Å². The van der Waals surface area contributed by atoms with Gasteiger partial charge in [0.15, 0.2) is 0 Å². The van der Waals surface area contributed by atoms with Crippen LogP contribution in [0.2, 0.25) is 5.02 Å². The summed E-state index contributed by atoms with van der Waals surface area (Å²) >= 11 is 9.96. The van der Waals surface area contributed by atoms with E-state index < -0.39 is 35.6 Å². The fourth-order valence-corrected chi connectivity index (χ4v) is 6.94. The van der Waals surface area contributed by atoms with Crippen LogP contribution in [-0.2, 0) is 19.1 Å². The number of carbonyl (C=O) groups is 3. The first kappa shape index (κ1) is 25.2. The summed E-state index contributed by atoms with van der Waals surface area (Å²) in [6, 6.07) is 5.94. The Morgan fingerprint density at radius 1 is 1.32 bits per heavy atom. The monoisotopic (exact) mass is 554 g/mol. The number of nitrogens with zero attached hydrogens (tertiary/aromatic N) is 2. The molecule has 4 rings (SSSR count). The van der Waals surface area contributed by atoms with E-state index in [9.17, 15) is 19.5 Å². The smallest absolute Gasteiger partial charge is 0.310 e. The van der Waals surface area contributed by atoms with Gasteiger partial charge in [-0.15, -0.1) is 6.58 Å². The highest BCUT2D eigenvalue weighted by atomic mass is 79.9. The normalized spacial score (nSPS) is 31.6. The number of carbonyl (C=O) groups excluding carboxylic acids is 2. The SMILES string of the molecule is C=CCN(C(=O)C1N(CCCCCO)C(=O)[C@@H]2[C@H](C(=O)O)[C@H]3OC12CC3Br)c1ccccc1Cl. The number of amides is 2. The minimum atomic E-state index is -1.24. The number of aliphatic hydroxyl groups is 1. The minimum absolute atomic E-state index is 0.0413. The molecule has 0 radical (unpaired) electrons. The van der Waals surface area contributed by atoms with Crippen LogP contribution in [0.4, 0.5) is 5.69 Å². The molecular formula is C24H28BrClN2O6. The third-order valence-corrected chi connectivity index (χ3v) is 8.25. The van der Waals surface area contributed by atoms with E-state index in [2.05, 4.69) is 22.5 Å². The molecule has 6 atom stereocenters. The zero-order chi connectivity index (χ0) is 24.6. The molecular weight excluding hydrogens is 528 g/mol. The number of carboxylic acid groups (broad SMARTS) is 1. The number of fused-ring (bicyclic) bond motifs is 1. The standard InChI is InChI=1S/C24H28BrClN2O6/c1-2-10-27(16-9-5-4-8-15(16)26)22(31)20-24-13-14(25)19(34-24)17(23(32)33)18(24)21(30)28(20)11-6-3-7-12-29/h2,4-5,8-9,14,17-20,29H,1,3,6-7,10-13H2,(H,32,33)/t14?,17-,18-,19-,20?,24?/m0/s1. The Morgan fingerprint density at radius 3 is 2.71 bits per heavy atom. The maximum Gasteiger partial charge on any atom is 0.310 e. The number of carboxylic acids is 1. The number of para-hydroxylation sites is 1. The predicted molar refractivity (Wildman–Crippen MR) is 130 cm³/mol. The number of unbranched alkanes of at least 4 members (excludes halogenated alkanes) is 2. The van der Waals surface area contributed by atoms with E-state index in [0.29, 0.717) is 36.4 Å². The van der Waals surface area contributed by atoms with Crippen LogP contribution >= 0.6 is 27.5 Å². The lowest BCUT2D eigenvalue weighted by molar-refractivity contribution is -0.149. The van der Waals surface area contributed by atoms with Gasteiger partial charge in [-0.25, -0.2) is 0 Å². The fraction of sp³-hybridized carbons (Fsp3) is 0.542. The van der Waals surface area contributed by atoms with Crippen molar-refractivity contribution in [1.29, 1.82) is 0 Å². The van der Waals surface area contributed by atoms with Gasteiger partial charge in [-0.1, -0.05) is 45.7 Å². The van der Waals surface area contributed by atoms with Crippen molar-refractivity contribution in [2.45, 2.75) is 48.3 Å². The fourth-order valence-electron chi connectivity index (χ4n) is 5.76. The third kappa shape index (κ3) is 3.96. The Hall–Kier alpha value is -1.94. The van der Waals surface area contributed by atoms with Gasteiger partial charge < -0.3 is 24.7 Å². The molecule has 3 unspecified atom stereocenters. The second-order valence-electron chi connectivity index (χ2n) is 9.01. The molecule has 3 aliphatic heterocycles. The van der Waals surface area contributed by atoms with E-state index in [-0.39, 0.29) is 36.3 Å². The summed E-state index contributed by atoms with van der Waals surface area (Å²) in [5.74, 6) is -3.81. The molecule has 184 valence electrons. The summed E-state index contributed by atoms with van der Waals surface area (Å²) in [7, 11) is 0. The lowest BCUT2D eigenvalue weighted by atomic mass is 9.70. The first-order chi connectivity index (χ1) is 16.3. The summed E-state index contributed by atoms with van der Waals surface area (Å²) < 4.78 is 6.29. The largest absolute Gasteiger partial charge is 0.481 e. The van der Waals surface area contributed by atoms with Crippen LogP contribution in [0.5, 0.6) is 0 Å². The number of aliphatic hydroxyl groups excluding tert-OH is 1. The van der Waals surface area contributed by atoms with Crippen molar-refractivity contribution < 1.29 is 29.3 Å². The van der Waals surface area contributed by atoms with Crippen molar-refractivity contribution >= 4 is 51.0 Å². The number of likely N-dealkylation sites (tertiary alicyclic amines) is 1. The second kappa shape index (κ2) is 9.97. The Balaban J connectivity index is 1.76. The van der Waals surface area contributed by atoms with Gasteiger partial charge >= 0.3 is 5.97 Å². The number of rotatable bonds is 10. The van der Waals surface area contributed by atoms with E-state index >= 15 is 0 Å². The number of alkyl halides is 1. The molecule has 3 fully saturated rings. The number of aliphatic carboxylic acids is 1. The summed E-state index contributed by atoms with van der Waals surface area (Å²) in [5, 5.41) is 19.5. The number of anilines is 1. The molecule has 0 saturated carbocycles. The Kier molecular flexibility index (Phi) is 7.38. The van der Waals surface area contributed by atoms with Crippen molar-refractivity contribution in [3.8, 4) is 0 Å². The summed E-state index contributed by atoms with van der Waals surface area (Å²) in [6.45, 7) is 4.24. The average Bonchev–Trinajstić information content (AvgIpc) is 3.39. The van der Waals surface area contributed by atoms with E-state index in [1.165, 1.54) is 9.80 Å². The minimum Gasteiger partial charge on any atom is -0.481 e. The molecule has 2 N–H and O–H groups in total. The van der Waals surface area contributed by atoms with Crippen molar-refractivity contribution in [3.63, 3.8) is 0 Å². The Morgan fingerprint density at radius 2 is 2.06 bits per heavy atom. The number of halogens is 2. The zero-order valence-corrected chi connectivity index (χ0v) is 21.0. The van der Waals surface area contributed by atoms with Gasteiger partial charge in [0.05, 0.1) is 28.6 Å². The number of ether oxygens (including phenoxy) is 1. The van der Waals surface area contributed by atoms with E-state index in [4.69, 9.17) is 21.4 Å². The predicted octanol–water partition coefficient (Wildman–Crippen LogP) is 2.85. The van der Waals surface area contributed by atoms with Crippen LogP contribution in [0.3, 0.4) is 0 Å². The maximum atomic E-state index is 14.2. The van der Waals surface area contributed by atoms with Crippen molar-refractivity contribution in [2.75, 3.05) is 24.6 Å². The lowest BCUT2D eigenvalue weighted by Gasteiger charge is -2.37. The molecule has 1 spiro atoms. The van der Waals surface area contributed by atoms with Crippen LogP contribution in [0.15, 0.2) is 36.9 Å². The van der Waals surface area contributed by atoms with Crippen LogP contribution < -0.4 is 4.90 Å². The van der Waals surface area contributed by atoms with Crippen LogP contribution in [0.25, 0.3) is 0 Å². The molecule has 0 aliphatic carbocycles. The molecule has 3 heterocycles. The summed E-state index contributed by atoms with van der Waals surface area (Å²) in [5.41, 5.74) is -0.757. The van der Waals surface area contributed by atoms with Gasteiger partial charge in [0, 0.05) is 24.5 Å². The lowest BCUT2D eigenvalue weighted by Crippen LogP contribution is -2.57. The molecule has 3 aliphatic rings. The quantitative estimate of drug-likeness (QED) is 0.261. The van der Waals surface area contributed by atoms with Gasteiger partial charge in [-0.3, -0.25) is 14.4 Å². The molecule has 10 heteroatoms. The number of hydrogen-bond donors (Lipinski definition) is 2. The average molecular weight is 556 g/mol.